The van der Waals surface area contributed by atoms with Crippen molar-refractivity contribution in [3.05, 3.63) is 35.4 Å². The van der Waals surface area contributed by atoms with Crippen molar-refractivity contribution in [3.8, 4) is 0 Å². The van der Waals surface area contributed by atoms with E-state index in [4.69, 9.17) is 0 Å². The third-order valence-corrected chi connectivity index (χ3v) is 5.73. The lowest BCUT2D eigenvalue weighted by molar-refractivity contribution is -0.129. The number of hydrogen-bond donors (Lipinski definition) is 1. The Morgan fingerprint density at radius 1 is 1.36 bits per heavy atom. The normalized spacial score (nSPS) is 20.2. The van der Waals surface area contributed by atoms with Crippen molar-refractivity contribution >= 4 is 23.7 Å². The highest BCUT2D eigenvalue weighted by Crippen LogP contribution is 2.43. The first-order valence-electron chi connectivity index (χ1n) is 8.84. The number of carbonyl (C=O) groups is 2. The summed E-state index contributed by atoms with van der Waals surface area (Å²) in [7, 11) is 1.79. The quantitative estimate of drug-likeness (QED) is 0.843. The molecule has 2 rings (SSSR count). The second-order valence-electron chi connectivity index (χ2n) is 6.90. The Kier molecular flexibility index (Phi) is 6.76. The fourth-order valence-corrected chi connectivity index (χ4v) is 4.35. The number of benzene rings is 1. The molecule has 1 saturated heterocycles. The number of nitrogens with one attached hydrogen (secondary N) is 1. The molecule has 0 aromatic heterocycles. The maximum Gasteiger partial charge on any atom is 0.317 e. The zero-order valence-electron chi connectivity index (χ0n) is 15.8. The lowest BCUT2D eigenvalue weighted by atomic mass is 10.1. The van der Waals surface area contributed by atoms with Crippen molar-refractivity contribution in [2.45, 2.75) is 50.8 Å². The minimum absolute atomic E-state index is 0.0217. The molecule has 0 bridgehead atoms. The van der Waals surface area contributed by atoms with E-state index in [0.29, 0.717) is 13.1 Å². The molecule has 1 aliphatic rings. The lowest BCUT2D eigenvalue weighted by Crippen LogP contribution is -2.42. The van der Waals surface area contributed by atoms with Crippen molar-refractivity contribution < 1.29 is 9.59 Å². The average Bonchev–Trinajstić information content (AvgIpc) is 2.82. The number of aryl methyl sites for hydroxylation is 1. The Labute approximate surface area is 155 Å². The molecular formula is C19H29N3O2S. The Morgan fingerprint density at radius 2 is 2.04 bits per heavy atom. The monoisotopic (exact) mass is 363 g/mol. The second-order valence-corrected chi connectivity index (χ2v) is 8.32. The maximum absolute atomic E-state index is 12.6. The number of urea groups is 1. The molecule has 25 heavy (non-hydrogen) atoms. The Balaban J connectivity index is 1.98. The number of thioether (sulfide) groups is 1. The Hall–Kier alpha value is -1.69. The van der Waals surface area contributed by atoms with E-state index < -0.39 is 0 Å². The molecule has 1 aromatic carbocycles. The van der Waals surface area contributed by atoms with Crippen LogP contribution < -0.4 is 5.32 Å². The molecule has 0 aliphatic carbocycles. The first kappa shape index (κ1) is 19.6. The number of hydrogen-bond acceptors (Lipinski definition) is 3. The van der Waals surface area contributed by atoms with Gasteiger partial charge < -0.3 is 15.1 Å². The first-order valence-corrected chi connectivity index (χ1v) is 9.78. The predicted molar refractivity (Wildman–Crippen MR) is 104 cm³/mol. The molecule has 1 aliphatic heterocycles. The van der Waals surface area contributed by atoms with E-state index >= 15 is 0 Å². The van der Waals surface area contributed by atoms with Crippen molar-refractivity contribution in [1.82, 2.24) is 15.1 Å². The van der Waals surface area contributed by atoms with E-state index in [9.17, 15) is 9.59 Å². The van der Waals surface area contributed by atoms with Gasteiger partial charge >= 0.3 is 6.03 Å². The van der Waals surface area contributed by atoms with Gasteiger partial charge in [-0.1, -0.05) is 24.3 Å². The van der Waals surface area contributed by atoms with E-state index in [-0.39, 0.29) is 28.6 Å². The van der Waals surface area contributed by atoms with Crippen LogP contribution in [0.3, 0.4) is 0 Å². The molecule has 2 unspecified atom stereocenters. The highest BCUT2D eigenvalue weighted by Gasteiger charge is 2.38. The number of nitrogens with zero attached hydrogens (tertiary/aromatic N) is 2. The maximum atomic E-state index is 12.6. The summed E-state index contributed by atoms with van der Waals surface area (Å²) < 4.78 is 0. The van der Waals surface area contributed by atoms with E-state index in [1.54, 1.807) is 23.7 Å². The third-order valence-electron chi connectivity index (χ3n) is 4.35. The molecule has 1 fully saturated rings. The van der Waals surface area contributed by atoms with Crippen molar-refractivity contribution in [2.24, 2.45) is 0 Å². The summed E-state index contributed by atoms with van der Waals surface area (Å²) in [6.45, 7) is 9.24. The van der Waals surface area contributed by atoms with Gasteiger partial charge in [0.2, 0.25) is 5.91 Å². The van der Waals surface area contributed by atoms with Crippen molar-refractivity contribution in [3.63, 3.8) is 0 Å². The van der Waals surface area contributed by atoms with Gasteiger partial charge in [0.05, 0.1) is 5.25 Å². The van der Waals surface area contributed by atoms with Gasteiger partial charge in [0.15, 0.2) is 0 Å². The highest BCUT2D eigenvalue weighted by atomic mass is 32.2. The number of amides is 3. The van der Waals surface area contributed by atoms with E-state index in [2.05, 4.69) is 24.4 Å². The summed E-state index contributed by atoms with van der Waals surface area (Å²) in [4.78, 5) is 28.2. The van der Waals surface area contributed by atoms with Gasteiger partial charge in [-0.05, 0) is 45.2 Å². The SMILES string of the molecule is Cc1ccccc1C1SC(C)C(=O)N1CCCN(C)C(=O)NC(C)C. The van der Waals surface area contributed by atoms with Crippen molar-refractivity contribution in [2.75, 3.05) is 20.1 Å². The summed E-state index contributed by atoms with van der Waals surface area (Å²) in [6, 6.07) is 8.30. The van der Waals surface area contributed by atoms with Gasteiger partial charge in [-0.15, -0.1) is 11.8 Å². The molecule has 2 atom stereocenters. The molecule has 138 valence electrons. The van der Waals surface area contributed by atoms with Crippen molar-refractivity contribution in [1.29, 1.82) is 0 Å². The molecule has 1 heterocycles. The summed E-state index contributed by atoms with van der Waals surface area (Å²) in [5.41, 5.74) is 2.41. The van der Waals surface area contributed by atoms with E-state index in [0.717, 1.165) is 6.42 Å². The van der Waals surface area contributed by atoms with Gasteiger partial charge in [-0.3, -0.25) is 4.79 Å². The molecule has 5 nitrogen and oxygen atoms in total. The second kappa shape index (κ2) is 8.61. The van der Waals surface area contributed by atoms with Gasteiger partial charge in [-0.25, -0.2) is 4.79 Å². The largest absolute Gasteiger partial charge is 0.336 e. The van der Waals surface area contributed by atoms with Crippen LogP contribution in [0.2, 0.25) is 0 Å². The first-order chi connectivity index (χ1) is 11.8. The molecule has 3 amide bonds. The van der Waals surface area contributed by atoms with Gasteiger partial charge in [0.1, 0.15) is 5.37 Å². The van der Waals surface area contributed by atoms with Crippen LogP contribution in [0.5, 0.6) is 0 Å². The van der Waals surface area contributed by atoms with Crippen LogP contribution in [0.1, 0.15) is 43.7 Å². The highest BCUT2D eigenvalue weighted by molar-refractivity contribution is 8.01. The Morgan fingerprint density at radius 3 is 2.68 bits per heavy atom. The van der Waals surface area contributed by atoms with Crippen LogP contribution in [-0.4, -0.2) is 53.2 Å². The number of carbonyl (C=O) groups excluding carboxylic acids is 2. The lowest BCUT2D eigenvalue weighted by Gasteiger charge is -2.26. The zero-order chi connectivity index (χ0) is 18.6. The predicted octanol–water partition coefficient (Wildman–Crippen LogP) is 3.40. The van der Waals surface area contributed by atoms with E-state index in [1.165, 1.54) is 11.1 Å². The van der Waals surface area contributed by atoms with Crippen LogP contribution in [0.4, 0.5) is 4.79 Å². The van der Waals surface area contributed by atoms with Crippen LogP contribution in [-0.2, 0) is 4.79 Å². The minimum atomic E-state index is -0.0686. The van der Waals surface area contributed by atoms with Gasteiger partial charge in [0, 0.05) is 26.2 Å². The summed E-state index contributed by atoms with van der Waals surface area (Å²) >= 11 is 1.71. The average molecular weight is 364 g/mol. The van der Waals surface area contributed by atoms with E-state index in [1.807, 2.05) is 37.8 Å². The summed E-state index contributed by atoms with van der Waals surface area (Å²) in [6.07, 6.45) is 0.767. The van der Waals surface area contributed by atoms with Gasteiger partial charge in [-0.2, -0.15) is 0 Å². The van der Waals surface area contributed by atoms with Crippen LogP contribution in [0, 0.1) is 6.92 Å². The fourth-order valence-electron chi connectivity index (χ4n) is 2.94. The van der Waals surface area contributed by atoms with Gasteiger partial charge in [0.25, 0.3) is 0 Å². The minimum Gasteiger partial charge on any atom is -0.336 e. The molecule has 0 spiro atoms. The summed E-state index contributed by atoms with van der Waals surface area (Å²) in [5.74, 6) is 0.188. The smallest absolute Gasteiger partial charge is 0.317 e. The summed E-state index contributed by atoms with van der Waals surface area (Å²) in [5, 5.41) is 2.93. The van der Waals surface area contributed by atoms with Crippen LogP contribution in [0.25, 0.3) is 0 Å². The molecule has 0 radical (unpaired) electrons. The standard InChI is InChI=1S/C19H29N3O2S/c1-13(2)20-19(24)21(5)11-8-12-22-17(23)15(4)25-18(22)16-10-7-6-9-14(16)3/h6-7,9-10,13,15,18H,8,11-12H2,1-5H3,(H,20,24). The molecular weight excluding hydrogens is 334 g/mol. The van der Waals surface area contributed by atoms with Crippen LogP contribution >= 0.6 is 11.8 Å². The third kappa shape index (κ3) is 4.91. The zero-order valence-corrected chi connectivity index (χ0v) is 16.6. The number of rotatable bonds is 6. The topological polar surface area (TPSA) is 52.7 Å². The Bertz CT molecular complexity index is 620. The molecule has 6 heteroatoms. The van der Waals surface area contributed by atoms with Crippen LogP contribution in [0.15, 0.2) is 24.3 Å². The fraction of sp³-hybridized carbons (Fsp3) is 0.579. The molecule has 1 N–H and O–H groups in total. The molecule has 1 aromatic rings. The molecule has 0 saturated carbocycles.